The predicted octanol–water partition coefficient (Wildman–Crippen LogP) is 4.78. The molecule has 8 heteroatoms. The van der Waals surface area contributed by atoms with Crippen molar-refractivity contribution in [2.45, 2.75) is 26.7 Å². The molecule has 0 saturated carbocycles. The molecule has 2 N–H and O–H groups in total. The summed E-state index contributed by atoms with van der Waals surface area (Å²) in [5.41, 5.74) is 8.59. The molecule has 37 heavy (non-hydrogen) atoms. The van der Waals surface area contributed by atoms with E-state index in [1.807, 2.05) is 65.6 Å². The first-order valence-electron chi connectivity index (χ1n) is 12.6. The molecule has 1 saturated heterocycles. The number of carbonyl (C=O) groups excluding carboxylic acids is 1. The van der Waals surface area contributed by atoms with E-state index in [0.29, 0.717) is 35.4 Å². The van der Waals surface area contributed by atoms with E-state index in [2.05, 4.69) is 30.0 Å². The van der Waals surface area contributed by atoms with Gasteiger partial charge in [0.05, 0.1) is 0 Å². The van der Waals surface area contributed by atoms with Crippen molar-refractivity contribution in [3.05, 3.63) is 84.2 Å². The average molecular weight is 496 g/mol. The first kappa shape index (κ1) is 24.4. The van der Waals surface area contributed by atoms with Gasteiger partial charge in [0, 0.05) is 24.6 Å². The fourth-order valence-corrected chi connectivity index (χ4v) is 4.52. The van der Waals surface area contributed by atoms with Crippen molar-refractivity contribution in [2.24, 2.45) is 16.9 Å². The number of piperidine rings is 1. The normalized spacial score (nSPS) is 18.4. The number of fused-ring (bicyclic) bond motifs is 1. The second-order valence-electron chi connectivity index (χ2n) is 9.63. The summed E-state index contributed by atoms with van der Waals surface area (Å²) in [5.74, 6) is 3.08. The van der Waals surface area contributed by atoms with Crippen LogP contribution in [-0.4, -0.2) is 50.5 Å². The number of nitrogens with two attached hydrogens (primary N) is 1. The molecule has 3 heterocycles. The van der Waals surface area contributed by atoms with E-state index in [9.17, 15) is 4.79 Å². The Labute approximate surface area is 216 Å². The highest BCUT2D eigenvalue weighted by Gasteiger charge is 2.34. The highest BCUT2D eigenvalue weighted by atomic mass is 16.5. The summed E-state index contributed by atoms with van der Waals surface area (Å²) in [5, 5.41) is 4.88. The molecule has 1 aromatic heterocycles. The first-order chi connectivity index (χ1) is 18.0. The summed E-state index contributed by atoms with van der Waals surface area (Å²) in [6.07, 6.45) is 9.05. The fraction of sp³-hybridized carbons (Fsp3) is 0.276. The van der Waals surface area contributed by atoms with Gasteiger partial charge in [0.25, 0.3) is 0 Å². The molecule has 1 amide bonds. The highest BCUT2D eigenvalue weighted by molar-refractivity contribution is 6.18. The Hall–Kier alpha value is -4.33. The summed E-state index contributed by atoms with van der Waals surface area (Å²) in [7, 11) is 0. The lowest BCUT2D eigenvalue weighted by molar-refractivity contribution is -0.442. The third-order valence-electron chi connectivity index (χ3n) is 6.37. The van der Waals surface area contributed by atoms with Crippen LogP contribution in [0.2, 0.25) is 0 Å². The Kier molecular flexibility index (Phi) is 7.07. The molecule has 2 aliphatic heterocycles. The monoisotopic (exact) mass is 495 g/mol. The van der Waals surface area contributed by atoms with E-state index in [1.54, 1.807) is 10.8 Å². The number of ether oxygens (including phenoxy) is 1. The minimum atomic E-state index is 0.0576. The zero-order chi connectivity index (χ0) is 25.8. The van der Waals surface area contributed by atoms with Gasteiger partial charge in [-0.05, 0) is 66.2 Å². The number of hydrogen-bond donors (Lipinski definition) is 1. The maximum Gasteiger partial charge on any atom is 0.363 e. The number of para-hydroxylation sites is 1. The molecular weight excluding hydrogens is 464 g/mol. The number of nitrogens with zero attached hydrogens (tertiary/aromatic N) is 5. The highest BCUT2D eigenvalue weighted by Crippen LogP contribution is 2.32. The topological polar surface area (TPSA) is 96.7 Å². The second-order valence-corrected chi connectivity index (χ2v) is 9.63. The summed E-state index contributed by atoms with van der Waals surface area (Å²) >= 11 is 0. The quantitative estimate of drug-likeness (QED) is 0.392. The van der Waals surface area contributed by atoms with Gasteiger partial charge in [-0.3, -0.25) is 4.79 Å². The van der Waals surface area contributed by atoms with Crippen molar-refractivity contribution in [1.29, 1.82) is 0 Å². The molecular formula is C29H31N6O2+. The first-order valence-corrected chi connectivity index (χ1v) is 12.6. The van der Waals surface area contributed by atoms with E-state index >= 15 is 0 Å². The lowest BCUT2D eigenvalue weighted by atomic mass is 9.99. The standard InChI is InChI=1S/C29H31N6O2/c1-20(2)10-15-25(36)34-16-6-7-21(17-34)18-35-29-26(28(30)31-19-32-29)27(33-35)22-11-13-24(14-12-22)37-23-8-4-3-5-9-23/h3-5,8-15,18-21H,6-7,16-17H2,1-2H3,(H2,30,31,32)/q+1/b15-10+,35-18+. The van der Waals surface area contributed by atoms with Crippen molar-refractivity contribution in [3.8, 4) is 11.5 Å². The van der Waals surface area contributed by atoms with Crippen molar-refractivity contribution in [2.75, 3.05) is 18.8 Å². The van der Waals surface area contributed by atoms with Crippen molar-refractivity contribution in [3.63, 3.8) is 0 Å². The third-order valence-corrected chi connectivity index (χ3v) is 6.37. The number of amides is 1. The molecule has 0 bridgehead atoms. The number of anilines is 1. The van der Waals surface area contributed by atoms with E-state index in [-0.39, 0.29) is 11.8 Å². The Morgan fingerprint density at radius 2 is 1.86 bits per heavy atom. The lowest BCUT2D eigenvalue weighted by Gasteiger charge is -2.29. The van der Waals surface area contributed by atoms with E-state index in [0.717, 1.165) is 36.4 Å². The number of nitrogen functional groups attached to an aromatic ring is 1. The van der Waals surface area contributed by atoms with Crippen LogP contribution in [0.25, 0.3) is 0 Å². The number of benzene rings is 2. The number of likely N-dealkylation sites (tertiary alicyclic amines) is 1. The lowest BCUT2D eigenvalue weighted by Crippen LogP contribution is -2.40. The molecule has 0 radical (unpaired) electrons. The number of hydrogen-bond acceptors (Lipinski definition) is 6. The van der Waals surface area contributed by atoms with Crippen LogP contribution in [0, 0.1) is 11.8 Å². The van der Waals surface area contributed by atoms with Gasteiger partial charge in [-0.25, -0.2) is 0 Å². The molecule has 5 rings (SSSR count). The molecule has 0 aliphatic carbocycles. The van der Waals surface area contributed by atoms with Gasteiger partial charge in [0.2, 0.25) is 12.2 Å². The number of allylic oxidation sites excluding steroid dienone is 1. The van der Waals surface area contributed by atoms with E-state index in [1.165, 1.54) is 6.33 Å². The smallest absolute Gasteiger partial charge is 0.363 e. The summed E-state index contributed by atoms with van der Waals surface area (Å²) in [4.78, 5) is 23.3. The van der Waals surface area contributed by atoms with Crippen molar-refractivity contribution >= 4 is 29.5 Å². The van der Waals surface area contributed by atoms with Gasteiger partial charge in [0.1, 0.15) is 34.8 Å². The number of rotatable bonds is 6. The van der Waals surface area contributed by atoms with Gasteiger partial charge in [-0.15, -0.1) is 4.68 Å². The number of hydrazone groups is 1. The summed E-state index contributed by atoms with van der Waals surface area (Å²) < 4.78 is 7.72. The average Bonchev–Trinajstić information content (AvgIpc) is 3.28. The van der Waals surface area contributed by atoms with E-state index in [4.69, 9.17) is 15.6 Å². The fourth-order valence-electron chi connectivity index (χ4n) is 4.52. The zero-order valence-corrected chi connectivity index (χ0v) is 21.1. The molecule has 2 aliphatic rings. The number of aromatic nitrogens is 2. The van der Waals surface area contributed by atoms with Crippen LogP contribution < -0.4 is 10.5 Å². The maximum absolute atomic E-state index is 12.6. The molecule has 0 spiro atoms. The van der Waals surface area contributed by atoms with Crippen LogP contribution in [0.3, 0.4) is 0 Å². The van der Waals surface area contributed by atoms with Crippen LogP contribution in [0.1, 0.15) is 37.8 Å². The molecule has 8 nitrogen and oxygen atoms in total. The van der Waals surface area contributed by atoms with Gasteiger partial charge < -0.3 is 15.4 Å². The molecule has 188 valence electrons. The van der Waals surface area contributed by atoms with Crippen LogP contribution in [0.15, 0.2) is 78.2 Å². The molecule has 1 atom stereocenters. The maximum atomic E-state index is 12.6. The third kappa shape index (κ3) is 5.58. The predicted molar refractivity (Wildman–Crippen MR) is 144 cm³/mol. The Balaban J connectivity index is 1.40. The Morgan fingerprint density at radius 1 is 1.11 bits per heavy atom. The van der Waals surface area contributed by atoms with Crippen molar-refractivity contribution in [1.82, 2.24) is 14.9 Å². The molecule has 1 unspecified atom stereocenters. The van der Waals surface area contributed by atoms with Crippen LogP contribution >= 0.6 is 0 Å². The number of carbonyl (C=O) groups is 1. The Morgan fingerprint density at radius 3 is 2.62 bits per heavy atom. The van der Waals surface area contributed by atoms with Crippen LogP contribution in [0.5, 0.6) is 11.5 Å². The molecule has 1 fully saturated rings. The Bertz CT molecular complexity index is 1360. The van der Waals surface area contributed by atoms with Crippen LogP contribution in [-0.2, 0) is 4.79 Å². The van der Waals surface area contributed by atoms with Crippen molar-refractivity contribution < 1.29 is 14.2 Å². The van der Waals surface area contributed by atoms with Gasteiger partial charge >= 0.3 is 5.82 Å². The molecule has 3 aromatic rings. The van der Waals surface area contributed by atoms with Gasteiger partial charge in [-0.1, -0.05) is 43.2 Å². The van der Waals surface area contributed by atoms with Crippen LogP contribution in [0.4, 0.5) is 11.6 Å². The SMILES string of the molecule is CC(C)/C=C/C(=O)N1CCCC(/C=[N+]2/N=C(c3ccc(Oc4ccccc4)cc3)c3c(N)ncnc32)C1. The zero-order valence-electron chi connectivity index (χ0n) is 21.1. The minimum absolute atomic E-state index is 0.0576. The second kappa shape index (κ2) is 10.7. The summed E-state index contributed by atoms with van der Waals surface area (Å²) in [6, 6.07) is 17.4. The van der Waals surface area contributed by atoms with Gasteiger partial charge in [-0.2, -0.15) is 4.98 Å². The van der Waals surface area contributed by atoms with Gasteiger partial charge in [0.15, 0.2) is 0 Å². The van der Waals surface area contributed by atoms with E-state index < -0.39 is 0 Å². The summed E-state index contributed by atoms with van der Waals surface area (Å²) in [6.45, 7) is 5.54. The molecule has 2 aromatic carbocycles. The minimum Gasteiger partial charge on any atom is -0.457 e. The largest absolute Gasteiger partial charge is 0.457 e.